The van der Waals surface area contributed by atoms with E-state index in [2.05, 4.69) is 49.7 Å². The van der Waals surface area contributed by atoms with Crippen LogP contribution in [0.25, 0.3) is 0 Å². The van der Waals surface area contributed by atoms with E-state index in [-0.39, 0.29) is 0 Å². The Hall–Kier alpha value is -1.09. The number of pyridine rings is 1. The van der Waals surface area contributed by atoms with Crippen LogP contribution in [0.4, 0.5) is 5.82 Å². The molecule has 1 rings (SSSR count). The number of aromatic nitrogens is 1. The van der Waals surface area contributed by atoms with Crippen molar-refractivity contribution in [2.75, 3.05) is 11.4 Å². The van der Waals surface area contributed by atoms with Crippen LogP contribution in [0, 0.1) is 5.92 Å². The molecule has 0 atom stereocenters. The van der Waals surface area contributed by atoms with E-state index in [9.17, 15) is 0 Å². The quantitative estimate of drug-likeness (QED) is 0.807. The van der Waals surface area contributed by atoms with E-state index in [0.29, 0.717) is 18.5 Å². The first-order valence-corrected chi connectivity index (χ1v) is 7.04. The summed E-state index contributed by atoms with van der Waals surface area (Å²) in [5, 5.41) is 0. The van der Waals surface area contributed by atoms with Gasteiger partial charge >= 0.3 is 0 Å². The summed E-state index contributed by atoms with van der Waals surface area (Å²) >= 11 is 0. The molecule has 102 valence electrons. The van der Waals surface area contributed by atoms with Gasteiger partial charge in [-0.15, -0.1) is 0 Å². The van der Waals surface area contributed by atoms with Crippen LogP contribution in [-0.2, 0) is 6.54 Å². The largest absolute Gasteiger partial charge is 0.353 e. The fourth-order valence-corrected chi connectivity index (χ4v) is 2.29. The molecule has 1 heterocycles. The molecule has 0 amide bonds. The summed E-state index contributed by atoms with van der Waals surface area (Å²) in [7, 11) is 0. The van der Waals surface area contributed by atoms with Crippen molar-refractivity contribution in [3.8, 4) is 0 Å². The summed E-state index contributed by atoms with van der Waals surface area (Å²) in [6.45, 7) is 10.5. The van der Waals surface area contributed by atoms with Crippen molar-refractivity contribution in [1.29, 1.82) is 0 Å². The molecule has 0 fully saturated rings. The fraction of sp³-hybridized carbons (Fsp3) is 0.667. The van der Waals surface area contributed by atoms with Crippen molar-refractivity contribution in [3.05, 3.63) is 23.9 Å². The van der Waals surface area contributed by atoms with Crippen LogP contribution >= 0.6 is 0 Å². The Bertz CT molecular complexity index is 345. The number of hydrogen-bond donors (Lipinski definition) is 1. The minimum absolute atomic E-state index is 0.506. The van der Waals surface area contributed by atoms with E-state index >= 15 is 0 Å². The average Bonchev–Trinajstić information content (AvgIpc) is 2.38. The molecule has 0 bridgehead atoms. The van der Waals surface area contributed by atoms with Gasteiger partial charge < -0.3 is 10.6 Å². The summed E-state index contributed by atoms with van der Waals surface area (Å²) < 4.78 is 0. The summed E-state index contributed by atoms with van der Waals surface area (Å²) in [4.78, 5) is 7.10. The lowest BCUT2D eigenvalue weighted by atomic mass is 10.1. The first-order chi connectivity index (χ1) is 8.62. The van der Waals surface area contributed by atoms with E-state index in [1.54, 1.807) is 0 Å². The maximum Gasteiger partial charge on any atom is 0.129 e. The van der Waals surface area contributed by atoms with E-state index in [1.165, 1.54) is 0 Å². The molecular formula is C15H27N3. The monoisotopic (exact) mass is 249 g/mol. The summed E-state index contributed by atoms with van der Waals surface area (Å²) in [5.74, 6) is 1.70. The highest BCUT2D eigenvalue weighted by atomic mass is 15.2. The molecule has 3 heteroatoms. The molecule has 1 aromatic rings. The van der Waals surface area contributed by atoms with Crippen molar-refractivity contribution in [1.82, 2.24) is 4.98 Å². The fourth-order valence-electron chi connectivity index (χ4n) is 2.29. The molecule has 0 aliphatic carbocycles. The highest BCUT2D eigenvalue weighted by molar-refractivity contribution is 5.40. The topological polar surface area (TPSA) is 42.1 Å². The van der Waals surface area contributed by atoms with Gasteiger partial charge in [-0.05, 0) is 30.9 Å². The van der Waals surface area contributed by atoms with Crippen molar-refractivity contribution in [3.63, 3.8) is 0 Å². The van der Waals surface area contributed by atoms with Gasteiger partial charge in [0.1, 0.15) is 5.82 Å². The van der Waals surface area contributed by atoms with Gasteiger partial charge in [0.2, 0.25) is 0 Å². The molecule has 3 nitrogen and oxygen atoms in total. The molecule has 2 N–H and O–H groups in total. The first-order valence-electron chi connectivity index (χ1n) is 7.04. The third-order valence-corrected chi connectivity index (χ3v) is 3.24. The Labute approximate surface area is 111 Å². The van der Waals surface area contributed by atoms with Crippen LogP contribution in [0.5, 0.6) is 0 Å². The number of hydrogen-bond acceptors (Lipinski definition) is 3. The zero-order valence-corrected chi connectivity index (χ0v) is 12.2. The van der Waals surface area contributed by atoms with E-state index in [1.807, 2.05) is 6.07 Å². The Balaban J connectivity index is 2.99. The van der Waals surface area contributed by atoms with Crippen LogP contribution in [0.1, 0.15) is 46.2 Å². The lowest BCUT2D eigenvalue weighted by Crippen LogP contribution is -2.38. The molecule has 0 saturated carbocycles. The lowest BCUT2D eigenvalue weighted by Gasteiger charge is -2.33. The van der Waals surface area contributed by atoms with Gasteiger partial charge in [0.15, 0.2) is 0 Å². The van der Waals surface area contributed by atoms with E-state index in [4.69, 9.17) is 5.73 Å². The van der Waals surface area contributed by atoms with Crippen molar-refractivity contribution < 1.29 is 0 Å². The van der Waals surface area contributed by atoms with Gasteiger partial charge in [0.05, 0.1) is 5.69 Å². The second-order valence-corrected chi connectivity index (χ2v) is 5.21. The van der Waals surface area contributed by atoms with E-state index in [0.717, 1.165) is 30.9 Å². The normalized spacial score (nSPS) is 11.3. The number of nitrogens with two attached hydrogens (primary N) is 1. The third-order valence-electron chi connectivity index (χ3n) is 3.24. The predicted octanol–water partition coefficient (Wildman–Crippen LogP) is 3.19. The lowest BCUT2D eigenvalue weighted by molar-refractivity contribution is 0.503. The van der Waals surface area contributed by atoms with Crippen molar-refractivity contribution in [2.45, 2.75) is 53.1 Å². The average molecular weight is 249 g/mol. The highest BCUT2D eigenvalue weighted by Crippen LogP contribution is 2.20. The molecule has 0 saturated heterocycles. The second-order valence-electron chi connectivity index (χ2n) is 5.21. The minimum atomic E-state index is 0.506. The Kier molecular flexibility index (Phi) is 6.13. The Morgan fingerprint density at radius 3 is 2.39 bits per heavy atom. The van der Waals surface area contributed by atoms with Crippen LogP contribution < -0.4 is 10.6 Å². The van der Waals surface area contributed by atoms with Gasteiger partial charge in [-0.2, -0.15) is 0 Å². The molecule has 0 aliphatic rings. The summed E-state index contributed by atoms with van der Waals surface area (Å²) in [6.07, 6.45) is 2.30. The van der Waals surface area contributed by atoms with E-state index < -0.39 is 0 Å². The third kappa shape index (κ3) is 3.98. The SMILES string of the molecule is CCC(CC)N(CC(C)C)c1cccc(CN)n1. The number of rotatable bonds is 7. The van der Waals surface area contributed by atoms with Gasteiger partial charge in [0.25, 0.3) is 0 Å². The Morgan fingerprint density at radius 2 is 1.89 bits per heavy atom. The molecule has 0 radical (unpaired) electrons. The van der Waals surface area contributed by atoms with Gasteiger partial charge in [-0.3, -0.25) is 0 Å². The summed E-state index contributed by atoms with van der Waals surface area (Å²) in [5.41, 5.74) is 6.65. The molecular weight excluding hydrogens is 222 g/mol. The number of anilines is 1. The maximum absolute atomic E-state index is 5.68. The second kappa shape index (κ2) is 7.37. The minimum Gasteiger partial charge on any atom is -0.353 e. The molecule has 0 aromatic carbocycles. The number of nitrogens with zero attached hydrogens (tertiary/aromatic N) is 2. The van der Waals surface area contributed by atoms with Crippen LogP contribution in [0.2, 0.25) is 0 Å². The van der Waals surface area contributed by atoms with Gasteiger partial charge in [0, 0.05) is 19.1 Å². The zero-order valence-electron chi connectivity index (χ0n) is 12.2. The molecule has 0 spiro atoms. The zero-order chi connectivity index (χ0) is 13.5. The first kappa shape index (κ1) is 15.0. The van der Waals surface area contributed by atoms with Crippen LogP contribution in [-0.4, -0.2) is 17.6 Å². The standard InChI is InChI=1S/C15H27N3/c1-5-14(6-2)18(11-12(3)4)15-9-7-8-13(10-16)17-15/h7-9,12,14H,5-6,10-11,16H2,1-4H3. The van der Waals surface area contributed by atoms with Crippen LogP contribution in [0.3, 0.4) is 0 Å². The Morgan fingerprint density at radius 1 is 1.22 bits per heavy atom. The summed E-state index contributed by atoms with van der Waals surface area (Å²) in [6, 6.07) is 6.71. The van der Waals surface area contributed by atoms with Crippen molar-refractivity contribution in [2.24, 2.45) is 11.7 Å². The molecule has 0 aliphatic heterocycles. The molecule has 18 heavy (non-hydrogen) atoms. The van der Waals surface area contributed by atoms with Gasteiger partial charge in [-0.1, -0.05) is 33.8 Å². The highest BCUT2D eigenvalue weighted by Gasteiger charge is 2.18. The maximum atomic E-state index is 5.68. The van der Waals surface area contributed by atoms with Gasteiger partial charge in [-0.25, -0.2) is 4.98 Å². The smallest absolute Gasteiger partial charge is 0.129 e. The van der Waals surface area contributed by atoms with Crippen molar-refractivity contribution >= 4 is 5.82 Å². The van der Waals surface area contributed by atoms with Crippen LogP contribution in [0.15, 0.2) is 18.2 Å². The molecule has 0 unspecified atom stereocenters. The molecule has 1 aromatic heterocycles. The predicted molar refractivity (Wildman–Crippen MR) is 78.7 cm³/mol.